The largest absolute Gasteiger partial charge is 0.288 e. The number of amides is 1. The van der Waals surface area contributed by atoms with Crippen LogP contribution in [0.2, 0.25) is 5.02 Å². The van der Waals surface area contributed by atoms with Gasteiger partial charge in [0.2, 0.25) is 0 Å². The van der Waals surface area contributed by atoms with E-state index in [9.17, 15) is 4.79 Å². The summed E-state index contributed by atoms with van der Waals surface area (Å²) < 4.78 is 0.609. The number of hydrogen-bond donors (Lipinski definition) is 0. The number of halogens is 1. The zero-order chi connectivity index (χ0) is 14.2. The van der Waals surface area contributed by atoms with Crippen molar-refractivity contribution in [3.8, 4) is 0 Å². The molecule has 1 aromatic rings. The molecule has 0 saturated carbocycles. The summed E-state index contributed by atoms with van der Waals surface area (Å²) in [5, 5.41) is 0.680. The van der Waals surface area contributed by atoms with Gasteiger partial charge in [-0.25, -0.2) is 0 Å². The van der Waals surface area contributed by atoms with Gasteiger partial charge in [-0.3, -0.25) is 9.69 Å². The zero-order valence-corrected chi connectivity index (χ0v) is 13.3. The maximum atomic E-state index is 12.4. The summed E-state index contributed by atoms with van der Waals surface area (Å²) in [4.78, 5) is 14.7. The van der Waals surface area contributed by atoms with E-state index < -0.39 is 0 Å². The molecule has 0 atom stereocenters. The highest BCUT2D eigenvalue weighted by atomic mass is 35.5. The van der Waals surface area contributed by atoms with E-state index in [-0.39, 0.29) is 11.4 Å². The van der Waals surface area contributed by atoms with E-state index in [2.05, 4.69) is 0 Å². The van der Waals surface area contributed by atoms with E-state index >= 15 is 0 Å². The smallest absolute Gasteiger partial charge is 0.266 e. The van der Waals surface area contributed by atoms with Crippen LogP contribution in [0.1, 0.15) is 26.3 Å². The van der Waals surface area contributed by atoms with Gasteiger partial charge in [-0.15, -0.1) is 0 Å². The molecule has 100 valence electrons. The molecule has 5 heteroatoms. The number of thiocarbonyl (C=S) groups is 1. The lowest BCUT2D eigenvalue weighted by Gasteiger charge is -2.30. The molecule has 0 aliphatic carbocycles. The topological polar surface area (TPSA) is 20.3 Å². The van der Waals surface area contributed by atoms with Gasteiger partial charge >= 0.3 is 0 Å². The van der Waals surface area contributed by atoms with Gasteiger partial charge in [0.15, 0.2) is 0 Å². The number of thioether (sulfide) groups is 1. The van der Waals surface area contributed by atoms with E-state index in [1.165, 1.54) is 11.8 Å². The standard InChI is InChI=1S/C14H14ClNOS2/c1-14(2,3)16-12(17)11(19-13(16)18)8-9-4-6-10(15)7-5-9/h4-8H,1-3H3/b11-8+. The van der Waals surface area contributed by atoms with Crippen LogP contribution in [0.15, 0.2) is 29.2 Å². The minimum atomic E-state index is -0.295. The first kappa shape index (κ1) is 14.6. The van der Waals surface area contributed by atoms with Crippen molar-refractivity contribution in [1.29, 1.82) is 0 Å². The van der Waals surface area contributed by atoms with E-state index in [4.69, 9.17) is 23.8 Å². The predicted octanol–water partition coefficient (Wildman–Crippen LogP) is 4.34. The summed E-state index contributed by atoms with van der Waals surface area (Å²) in [6, 6.07) is 7.37. The fourth-order valence-corrected chi connectivity index (χ4v) is 3.52. The lowest BCUT2D eigenvalue weighted by Crippen LogP contribution is -2.44. The monoisotopic (exact) mass is 311 g/mol. The summed E-state index contributed by atoms with van der Waals surface area (Å²) in [7, 11) is 0. The minimum Gasteiger partial charge on any atom is -0.288 e. The Morgan fingerprint density at radius 3 is 2.32 bits per heavy atom. The second-order valence-electron chi connectivity index (χ2n) is 5.24. The second kappa shape index (κ2) is 5.27. The molecule has 1 aromatic carbocycles. The highest BCUT2D eigenvalue weighted by Crippen LogP contribution is 2.36. The molecule has 1 amide bonds. The van der Waals surface area contributed by atoms with Crippen molar-refractivity contribution in [2.24, 2.45) is 0 Å². The fraction of sp³-hybridized carbons (Fsp3) is 0.286. The Bertz CT molecular complexity index is 558. The van der Waals surface area contributed by atoms with Gasteiger partial charge in [-0.05, 0) is 44.5 Å². The molecule has 1 heterocycles. The summed E-state index contributed by atoms with van der Waals surface area (Å²) in [5.41, 5.74) is 0.648. The molecule has 2 rings (SSSR count). The van der Waals surface area contributed by atoms with Crippen LogP contribution in [-0.2, 0) is 4.79 Å². The maximum Gasteiger partial charge on any atom is 0.266 e. The van der Waals surface area contributed by atoms with Crippen LogP contribution in [0, 0.1) is 0 Å². The number of rotatable bonds is 1. The van der Waals surface area contributed by atoms with Gasteiger partial charge in [0.05, 0.1) is 4.91 Å². The number of nitrogens with zero attached hydrogens (tertiary/aromatic N) is 1. The quantitative estimate of drug-likeness (QED) is 0.568. The molecule has 1 aliphatic rings. The molecule has 0 bridgehead atoms. The molecule has 0 aromatic heterocycles. The molecule has 2 nitrogen and oxygen atoms in total. The molecular weight excluding hydrogens is 298 g/mol. The van der Waals surface area contributed by atoms with E-state index in [1.807, 2.05) is 39.0 Å². The Hall–Kier alpha value is -0.840. The van der Waals surface area contributed by atoms with Gasteiger partial charge in [0, 0.05) is 10.6 Å². The fourth-order valence-electron chi connectivity index (χ4n) is 1.76. The first-order valence-electron chi connectivity index (χ1n) is 5.83. The van der Waals surface area contributed by atoms with Gasteiger partial charge in [-0.1, -0.05) is 47.7 Å². The first-order valence-corrected chi connectivity index (χ1v) is 7.43. The van der Waals surface area contributed by atoms with Crippen LogP contribution >= 0.6 is 35.6 Å². The van der Waals surface area contributed by atoms with Gasteiger partial charge < -0.3 is 0 Å². The zero-order valence-electron chi connectivity index (χ0n) is 10.9. The van der Waals surface area contributed by atoms with Gasteiger partial charge in [0.25, 0.3) is 5.91 Å². The maximum absolute atomic E-state index is 12.4. The summed E-state index contributed by atoms with van der Waals surface area (Å²) in [5.74, 6) is -0.0301. The summed E-state index contributed by atoms with van der Waals surface area (Å²) in [6.07, 6.45) is 1.85. The Labute approximate surface area is 127 Å². The van der Waals surface area contributed by atoms with E-state index in [0.29, 0.717) is 14.2 Å². The van der Waals surface area contributed by atoms with Gasteiger partial charge in [-0.2, -0.15) is 0 Å². The van der Waals surface area contributed by atoms with Crippen LogP contribution in [0.25, 0.3) is 6.08 Å². The third-order valence-corrected chi connectivity index (χ3v) is 4.19. The normalized spacial score (nSPS) is 18.5. The molecule has 0 radical (unpaired) electrons. The molecular formula is C14H14ClNOS2. The van der Waals surface area contributed by atoms with Crippen LogP contribution in [0.3, 0.4) is 0 Å². The lowest BCUT2D eigenvalue weighted by atomic mass is 10.1. The molecule has 1 fully saturated rings. The Morgan fingerprint density at radius 1 is 1.26 bits per heavy atom. The number of carbonyl (C=O) groups is 1. The number of benzene rings is 1. The average Bonchev–Trinajstić information content (AvgIpc) is 2.56. The van der Waals surface area contributed by atoms with Crippen LogP contribution in [0.5, 0.6) is 0 Å². The van der Waals surface area contributed by atoms with Crippen molar-refractivity contribution in [1.82, 2.24) is 4.90 Å². The molecule has 0 N–H and O–H groups in total. The van der Waals surface area contributed by atoms with Crippen molar-refractivity contribution < 1.29 is 4.79 Å². The molecule has 0 unspecified atom stereocenters. The second-order valence-corrected chi connectivity index (χ2v) is 7.35. The Morgan fingerprint density at radius 2 is 1.84 bits per heavy atom. The third kappa shape index (κ3) is 3.19. The average molecular weight is 312 g/mol. The van der Waals surface area contributed by atoms with Crippen molar-refractivity contribution in [3.05, 3.63) is 39.8 Å². The SMILES string of the molecule is CC(C)(C)N1C(=O)/C(=C\c2ccc(Cl)cc2)SC1=S. The number of carbonyl (C=O) groups excluding carboxylic acids is 1. The van der Waals surface area contributed by atoms with Crippen molar-refractivity contribution in [2.75, 3.05) is 0 Å². The summed E-state index contributed by atoms with van der Waals surface area (Å²) >= 11 is 12.5. The van der Waals surface area contributed by atoms with E-state index in [1.54, 1.807) is 17.0 Å². The molecule has 19 heavy (non-hydrogen) atoms. The Kier molecular flexibility index (Phi) is 4.04. The Balaban J connectivity index is 2.31. The van der Waals surface area contributed by atoms with E-state index in [0.717, 1.165) is 5.56 Å². The van der Waals surface area contributed by atoms with Crippen LogP contribution < -0.4 is 0 Å². The highest BCUT2D eigenvalue weighted by Gasteiger charge is 2.38. The first-order chi connectivity index (χ1) is 8.79. The minimum absolute atomic E-state index is 0.0301. The summed E-state index contributed by atoms with van der Waals surface area (Å²) in [6.45, 7) is 5.93. The third-order valence-electron chi connectivity index (χ3n) is 2.63. The van der Waals surface area contributed by atoms with Crippen LogP contribution in [-0.4, -0.2) is 20.7 Å². The van der Waals surface area contributed by atoms with Crippen molar-refractivity contribution in [2.45, 2.75) is 26.3 Å². The predicted molar refractivity (Wildman–Crippen MR) is 86.2 cm³/mol. The lowest BCUT2D eigenvalue weighted by molar-refractivity contribution is -0.125. The van der Waals surface area contributed by atoms with Crippen molar-refractivity contribution >= 4 is 51.9 Å². The molecule has 1 saturated heterocycles. The number of hydrogen-bond acceptors (Lipinski definition) is 3. The van der Waals surface area contributed by atoms with Gasteiger partial charge in [0.1, 0.15) is 4.32 Å². The molecule has 0 spiro atoms. The molecule has 1 aliphatic heterocycles. The van der Waals surface area contributed by atoms with Crippen molar-refractivity contribution in [3.63, 3.8) is 0 Å². The highest BCUT2D eigenvalue weighted by molar-refractivity contribution is 8.26. The van der Waals surface area contributed by atoms with Crippen LogP contribution in [0.4, 0.5) is 0 Å².